The Morgan fingerprint density at radius 1 is 1.22 bits per heavy atom. The van der Waals surface area contributed by atoms with Crippen molar-refractivity contribution in [3.05, 3.63) is 48.2 Å². The lowest BCUT2D eigenvalue weighted by Gasteiger charge is -2.08. The molecular formula is C13H13N3O2. The SMILES string of the molecule is Cc1ccc(NC(=O)Nc2ccccn2)c(O)c1. The van der Waals surface area contributed by atoms with E-state index in [0.29, 0.717) is 11.5 Å². The van der Waals surface area contributed by atoms with Crippen LogP contribution < -0.4 is 10.6 Å². The third kappa shape index (κ3) is 2.98. The number of urea groups is 1. The van der Waals surface area contributed by atoms with E-state index in [2.05, 4.69) is 15.6 Å². The number of amides is 2. The number of carbonyl (C=O) groups is 1. The number of pyridine rings is 1. The Morgan fingerprint density at radius 2 is 2.06 bits per heavy atom. The lowest BCUT2D eigenvalue weighted by Crippen LogP contribution is -2.20. The number of aromatic hydroxyl groups is 1. The van der Waals surface area contributed by atoms with Gasteiger partial charge in [0.2, 0.25) is 0 Å². The fraction of sp³-hybridized carbons (Fsp3) is 0.0769. The van der Waals surface area contributed by atoms with Crippen LogP contribution in [-0.2, 0) is 0 Å². The van der Waals surface area contributed by atoms with Gasteiger partial charge in [0.15, 0.2) is 0 Å². The van der Waals surface area contributed by atoms with E-state index in [4.69, 9.17) is 0 Å². The number of phenols is 1. The Labute approximate surface area is 104 Å². The second-order valence-corrected chi connectivity index (χ2v) is 3.81. The van der Waals surface area contributed by atoms with Crippen LogP contribution in [0.5, 0.6) is 5.75 Å². The molecule has 1 aromatic heterocycles. The molecule has 2 aromatic rings. The van der Waals surface area contributed by atoms with Gasteiger partial charge in [-0.05, 0) is 36.8 Å². The summed E-state index contributed by atoms with van der Waals surface area (Å²) in [5.41, 5.74) is 1.28. The molecule has 1 heterocycles. The molecule has 5 heteroatoms. The van der Waals surface area contributed by atoms with Crippen LogP contribution in [0, 0.1) is 6.92 Å². The van der Waals surface area contributed by atoms with Crippen molar-refractivity contribution >= 4 is 17.5 Å². The third-order valence-corrected chi connectivity index (χ3v) is 2.31. The molecule has 0 aliphatic carbocycles. The van der Waals surface area contributed by atoms with Crippen LogP contribution in [0.3, 0.4) is 0 Å². The van der Waals surface area contributed by atoms with Gasteiger partial charge in [0.1, 0.15) is 11.6 Å². The topological polar surface area (TPSA) is 74.2 Å². The van der Waals surface area contributed by atoms with E-state index in [0.717, 1.165) is 5.56 Å². The normalized spacial score (nSPS) is 9.83. The summed E-state index contributed by atoms with van der Waals surface area (Å²) in [6, 6.07) is 9.78. The van der Waals surface area contributed by atoms with E-state index >= 15 is 0 Å². The lowest BCUT2D eigenvalue weighted by atomic mass is 10.2. The van der Waals surface area contributed by atoms with Crippen molar-refractivity contribution in [2.24, 2.45) is 0 Å². The maximum absolute atomic E-state index is 11.6. The fourth-order valence-corrected chi connectivity index (χ4v) is 1.45. The monoisotopic (exact) mass is 243 g/mol. The van der Waals surface area contributed by atoms with Gasteiger partial charge in [0.05, 0.1) is 5.69 Å². The van der Waals surface area contributed by atoms with Crippen LogP contribution >= 0.6 is 0 Å². The minimum atomic E-state index is -0.451. The van der Waals surface area contributed by atoms with Gasteiger partial charge in [-0.2, -0.15) is 0 Å². The minimum absolute atomic E-state index is 0.0335. The van der Waals surface area contributed by atoms with Gasteiger partial charge in [0, 0.05) is 6.20 Å². The highest BCUT2D eigenvalue weighted by Crippen LogP contribution is 2.23. The van der Waals surface area contributed by atoms with Crippen LogP contribution in [-0.4, -0.2) is 16.1 Å². The van der Waals surface area contributed by atoms with Gasteiger partial charge in [-0.1, -0.05) is 12.1 Å². The molecule has 0 spiro atoms. The van der Waals surface area contributed by atoms with Crippen LogP contribution in [0.25, 0.3) is 0 Å². The number of hydrogen-bond donors (Lipinski definition) is 3. The molecule has 0 aliphatic heterocycles. The molecule has 3 N–H and O–H groups in total. The highest BCUT2D eigenvalue weighted by molar-refractivity contribution is 6.00. The second-order valence-electron chi connectivity index (χ2n) is 3.81. The molecule has 92 valence electrons. The quantitative estimate of drug-likeness (QED) is 0.710. The van der Waals surface area contributed by atoms with Gasteiger partial charge in [0.25, 0.3) is 0 Å². The van der Waals surface area contributed by atoms with Crippen molar-refractivity contribution in [1.82, 2.24) is 4.98 Å². The van der Waals surface area contributed by atoms with Gasteiger partial charge in [-0.3, -0.25) is 5.32 Å². The van der Waals surface area contributed by atoms with Crippen molar-refractivity contribution in [2.45, 2.75) is 6.92 Å². The predicted octanol–water partition coefficient (Wildman–Crippen LogP) is 2.74. The molecule has 5 nitrogen and oxygen atoms in total. The number of phenolic OH excluding ortho intramolecular Hbond substituents is 1. The number of rotatable bonds is 2. The van der Waals surface area contributed by atoms with Crippen molar-refractivity contribution in [2.75, 3.05) is 10.6 Å². The van der Waals surface area contributed by atoms with Gasteiger partial charge in [-0.15, -0.1) is 0 Å². The molecule has 2 rings (SSSR count). The number of hydrogen-bond acceptors (Lipinski definition) is 3. The van der Waals surface area contributed by atoms with Gasteiger partial charge in [-0.25, -0.2) is 9.78 Å². The van der Waals surface area contributed by atoms with Gasteiger partial charge < -0.3 is 10.4 Å². The average molecular weight is 243 g/mol. The first kappa shape index (κ1) is 11.9. The summed E-state index contributed by atoms with van der Waals surface area (Å²) in [6.07, 6.45) is 1.58. The minimum Gasteiger partial charge on any atom is -0.506 e. The Hall–Kier alpha value is -2.56. The molecule has 0 aliphatic rings. The molecule has 0 saturated carbocycles. The van der Waals surface area contributed by atoms with Crippen LogP contribution in [0.4, 0.5) is 16.3 Å². The summed E-state index contributed by atoms with van der Waals surface area (Å²) in [5, 5.41) is 14.8. The number of aromatic nitrogens is 1. The molecule has 0 unspecified atom stereocenters. The highest BCUT2D eigenvalue weighted by atomic mass is 16.3. The summed E-state index contributed by atoms with van der Waals surface area (Å²) >= 11 is 0. The van der Waals surface area contributed by atoms with Gasteiger partial charge >= 0.3 is 6.03 Å². The Bertz CT molecular complexity index is 555. The largest absolute Gasteiger partial charge is 0.506 e. The zero-order valence-electron chi connectivity index (χ0n) is 9.84. The molecule has 0 saturated heterocycles. The number of benzene rings is 1. The average Bonchev–Trinajstić information content (AvgIpc) is 2.34. The third-order valence-electron chi connectivity index (χ3n) is 2.31. The molecule has 2 amide bonds. The van der Waals surface area contributed by atoms with Crippen molar-refractivity contribution in [1.29, 1.82) is 0 Å². The zero-order valence-corrected chi connectivity index (χ0v) is 9.84. The predicted molar refractivity (Wildman–Crippen MR) is 69.7 cm³/mol. The lowest BCUT2D eigenvalue weighted by molar-refractivity contribution is 0.262. The number of nitrogens with zero attached hydrogens (tertiary/aromatic N) is 1. The Kier molecular flexibility index (Phi) is 3.43. The summed E-state index contributed by atoms with van der Waals surface area (Å²) < 4.78 is 0. The molecule has 0 bridgehead atoms. The summed E-state index contributed by atoms with van der Waals surface area (Å²) in [5.74, 6) is 0.479. The molecule has 0 atom stereocenters. The molecule has 0 radical (unpaired) electrons. The maximum Gasteiger partial charge on any atom is 0.324 e. The van der Waals surface area contributed by atoms with E-state index in [1.165, 1.54) is 0 Å². The summed E-state index contributed by atoms with van der Waals surface area (Å²) in [6.45, 7) is 1.86. The first-order valence-corrected chi connectivity index (χ1v) is 5.44. The Morgan fingerprint density at radius 3 is 2.72 bits per heavy atom. The second kappa shape index (κ2) is 5.18. The molecule has 0 fully saturated rings. The smallest absolute Gasteiger partial charge is 0.324 e. The molecular weight excluding hydrogens is 230 g/mol. The van der Waals surface area contributed by atoms with Crippen molar-refractivity contribution < 1.29 is 9.90 Å². The number of aryl methyl sites for hydroxylation is 1. The fourth-order valence-electron chi connectivity index (χ4n) is 1.45. The molecule has 18 heavy (non-hydrogen) atoms. The Balaban J connectivity index is 2.03. The van der Waals surface area contributed by atoms with Crippen LogP contribution in [0.15, 0.2) is 42.6 Å². The van der Waals surface area contributed by atoms with E-state index in [9.17, 15) is 9.90 Å². The van der Waals surface area contributed by atoms with Crippen molar-refractivity contribution in [3.63, 3.8) is 0 Å². The first-order chi connectivity index (χ1) is 8.65. The van der Waals surface area contributed by atoms with Crippen LogP contribution in [0.2, 0.25) is 0 Å². The first-order valence-electron chi connectivity index (χ1n) is 5.44. The standard InChI is InChI=1S/C13H13N3O2/c1-9-5-6-10(11(17)8-9)15-13(18)16-12-4-2-3-7-14-12/h2-8,17H,1H3,(H2,14,15,16,18). The van der Waals surface area contributed by atoms with E-state index in [-0.39, 0.29) is 5.75 Å². The van der Waals surface area contributed by atoms with E-state index in [1.54, 1.807) is 42.6 Å². The highest BCUT2D eigenvalue weighted by Gasteiger charge is 2.06. The van der Waals surface area contributed by atoms with E-state index < -0.39 is 6.03 Å². The summed E-state index contributed by atoms with van der Waals surface area (Å²) in [4.78, 5) is 15.6. The maximum atomic E-state index is 11.6. The zero-order chi connectivity index (χ0) is 13.0. The van der Waals surface area contributed by atoms with Crippen LogP contribution in [0.1, 0.15) is 5.56 Å². The number of anilines is 2. The summed E-state index contributed by atoms with van der Waals surface area (Å²) in [7, 11) is 0. The van der Waals surface area contributed by atoms with E-state index in [1.807, 2.05) is 6.92 Å². The number of carbonyl (C=O) groups excluding carboxylic acids is 1. The number of nitrogens with one attached hydrogen (secondary N) is 2. The van der Waals surface area contributed by atoms with Crippen molar-refractivity contribution in [3.8, 4) is 5.75 Å². The molecule has 1 aromatic carbocycles.